The molecule has 1 N–H and O–H groups in total. The Morgan fingerprint density at radius 1 is 1.71 bits per heavy atom. The monoisotopic (exact) mass is 233 g/mol. The summed E-state index contributed by atoms with van der Waals surface area (Å²) >= 11 is 7.10. The summed E-state index contributed by atoms with van der Waals surface area (Å²) in [5.41, 5.74) is 0.255. The molecular weight excluding hydrogens is 222 g/mol. The lowest BCUT2D eigenvalue weighted by molar-refractivity contribution is 0.0677. The van der Waals surface area contributed by atoms with E-state index in [9.17, 15) is 5.11 Å². The minimum atomic E-state index is -0.560. The lowest BCUT2D eigenvalue weighted by atomic mass is 10.1. The highest BCUT2D eigenvalue weighted by Gasteiger charge is 2.31. The summed E-state index contributed by atoms with van der Waals surface area (Å²) in [6, 6.07) is 0. The summed E-state index contributed by atoms with van der Waals surface area (Å²) in [5, 5.41) is 13.7. The van der Waals surface area contributed by atoms with Gasteiger partial charge in [0, 0.05) is 31.2 Å². The van der Waals surface area contributed by atoms with Crippen molar-refractivity contribution in [3.63, 3.8) is 0 Å². The van der Waals surface area contributed by atoms with Gasteiger partial charge in [-0.05, 0) is 13.3 Å². The Kier molecular flexibility index (Phi) is 2.74. The van der Waals surface area contributed by atoms with Crippen LogP contribution in [0.1, 0.15) is 19.0 Å². The molecule has 1 aromatic rings. The fourth-order valence-corrected chi connectivity index (χ4v) is 2.29. The molecule has 1 aromatic heterocycles. The van der Waals surface area contributed by atoms with Crippen molar-refractivity contribution in [3.05, 3.63) is 10.0 Å². The van der Waals surface area contributed by atoms with Crippen molar-refractivity contribution in [2.75, 3.05) is 13.1 Å². The molecule has 1 aliphatic rings. The molecule has 0 amide bonds. The van der Waals surface area contributed by atoms with Gasteiger partial charge in [0.2, 0.25) is 0 Å². The first-order chi connectivity index (χ1) is 6.57. The van der Waals surface area contributed by atoms with Gasteiger partial charge in [-0.3, -0.25) is 4.90 Å². The summed E-state index contributed by atoms with van der Waals surface area (Å²) in [4.78, 5) is 2.14. The first kappa shape index (κ1) is 10.3. The molecule has 0 bridgehead atoms. The molecule has 0 aromatic carbocycles. The van der Waals surface area contributed by atoms with Gasteiger partial charge in [0.1, 0.15) is 10.0 Å². The van der Waals surface area contributed by atoms with Crippen molar-refractivity contribution < 1.29 is 5.11 Å². The van der Waals surface area contributed by atoms with E-state index in [2.05, 4.69) is 14.5 Å². The van der Waals surface area contributed by atoms with E-state index in [4.69, 9.17) is 11.6 Å². The van der Waals surface area contributed by atoms with E-state index >= 15 is 0 Å². The second-order valence-electron chi connectivity index (χ2n) is 3.95. The minimum absolute atomic E-state index is 0.560. The fourth-order valence-electron chi connectivity index (χ4n) is 1.68. The van der Waals surface area contributed by atoms with Crippen LogP contribution < -0.4 is 0 Å². The van der Waals surface area contributed by atoms with E-state index in [1.165, 1.54) is 11.5 Å². The maximum absolute atomic E-state index is 9.75. The van der Waals surface area contributed by atoms with Crippen LogP contribution in [-0.4, -0.2) is 38.3 Å². The Balaban J connectivity index is 1.97. The maximum Gasteiger partial charge on any atom is 0.138 e. The quantitative estimate of drug-likeness (QED) is 0.833. The van der Waals surface area contributed by atoms with Crippen molar-refractivity contribution in [3.8, 4) is 0 Å². The van der Waals surface area contributed by atoms with Gasteiger partial charge in [0.15, 0.2) is 0 Å². The molecule has 2 heterocycles. The predicted octanol–water partition coefficient (Wildman–Crippen LogP) is 1.15. The molecule has 0 spiro atoms. The van der Waals surface area contributed by atoms with E-state index in [0.29, 0.717) is 17.4 Å². The van der Waals surface area contributed by atoms with Crippen LogP contribution in [-0.2, 0) is 6.54 Å². The van der Waals surface area contributed by atoms with Gasteiger partial charge < -0.3 is 5.11 Å². The summed E-state index contributed by atoms with van der Waals surface area (Å²) in [5.74, 6) is 0. The van der Waals surface area contributed by atoms with Gasteiger partial charge in [0.25, 0.3) is 0 Å². The van der Waals surface area contributed by atoms with Crippen molar-refractivity contribution in [1.82, 2.24) is 14.5 Å². The van der Waals surface area contributed by atoms with Gasteiger partial charge >= 0.3 is 0 Å². The topological polar surface area (TPSA) is 49.2 Å². The van der Waals surface area contributed by atoms with Crippen LogP contribution in [0.4, 0.5) is 0 Å². The average molecular weight is 234 g/mol. The molecule has 4 nitrogen and oxygen atoms in total. The van der Waals surface area contributed by atoms with Gasteiger partial charge in [-0.1, -0.05) is 16.1 Å². The van der Waals surface area contributed by atoms with Crippen LogP contribution in [0.2, 0.25) is 4.34 Å². The van der Waals surface area contributed by atoms with Crippen LogP contribution >= 0.6 is 23.1 Å². The van der Waals surface area contributed by atoms with Crippen LogP contribution in [0.15, 0.2) is 0 Å². The number of likely N-dealkylation sites (tertiary alicyclic amines) is 1. The van der Waals surface area contributed by atoms with Gasteiger partial charge in [-0.15, -0.1) is 5.10 Å². The van der Waals surface area contributed by atoms with E-state index in [1.807, 2.05) is 6.92 Å². The fraction of sp³-hybridized carbons (Fsp3) is 0.750. The SMILES string of the molecule is CC1(O)CCN(Cc2nnsc2Cl)C1. The first-order valence-electron chi connectivity index (χ1n) is 4.48. The lowest BCUT2D eigenvalue weighted by Crippen LogP contribution is -2.29. The highest BCUT2D eigenvalue weighted by atomic mass is 35.5. The maximum atomic E-state index is 9.75. The molecule has 6 heteroatoms. The third kappa shape index (κ3) is 2.23. The van der Waals surface area contributed by atoms with Crippen molar-refractivity contribution >= 4 is 23.1 Å². The van der Waals surface area contributed by atoms with E-state index < -0.39 is 5.60 Å². The zero-order chi connectivity index (χ0) is 10.2. The van der Waals surface area contributed by atoms with Crippen molar-refractivity contribution in [2.24, 2.45) is 0 Å². The summed E-state index contributed by atoms with van der Waals surface area (Å²) < 4.78 is 4.42. The summed E-state index contributed by atoms with van der Waals surface area (Å²) in [7, 11) is 0. The largest absolute Gasteiger partial charge is 0.389 e. The molecule has 0 saturated carbocycles. The van der Waals surface area contributed by atoms with Crippen molar-refractivity contribution in [1.29, 1.82) is 0 Å². The van der Waals surface area contributed by atoms with Gasteiger partial charge in [-0.2, -0.15) is 0 Å². The number of aromatic nitrogens is 2. The summed E-state index contributed by atoms with van der Waals surface area (Å²) in [6.07, 6.45) is 0.808. The Hall–Kier alpha value is -0.230. The van der Waals surface area contributed by atoms with Crippen molar-refractivity contribution in [2.45, 2.75) is 25.5 Å². The number of β-amino-alcohol motifs (C(OH)–C–C–N with tert-alkyl or cyclic N) is 1. The molecule has 1 atom stereocenters. The second-order valence-corrected chi connectivity index (χ2v) is 5.31. The summed E-state index contributed by atoms with van der Waals surface area (Å²) in [6.45, 7) is 4.11. The standard InChI is InChI=1S/C8H12ClN3OS/c1-8(13)2-3-12(5-8)4-6-7(9)14-11-10-6/h13H,2-5H2,1H3. The van der Waals surface area contributed by atoms with Crippen LogP contribution in [0.5, 0.6) is 0 Å². The Labute approximate surface area is 91.7 Å². The molecule has 14 heavy (non-hydrogen) atoms. The zero-order valence-corrected chi connectivity index (χ0v) is 9.48. The number of hydrogen-bond donors (Lipinski definition) is 1. The Morgan fingerprint density at radius 2 is 2.50 bits per heavy atom. The predicted molar refractivity (Wildman–Crippen MR) is 55.4 cm³/mol. The highest BCUT2D eigenvalue weighted by molar-refractivity contribution is 7.10. The Bertz CT molecular complexity index is 328. The molecule has 1 aliphatic heterocycles. The smallest absolute Gasteiger partial charge is 0.138 e. The average Bonchev–Trinajstić information content (AvgIpc) is 2.61. The molecule has 1 unspecified atom stereocenters. The van der Waals surface area contributed by atoms with Crippen LogP contribution in [0.25, 0.3) is 0 Å². The molecular formula is C8H12ClN3OS. The minimum Gasteiger partial charge on any atom is -0.389 e. The van der Waals surface area contributed by atoms with E-state index in [-0.39, 0.29) is 0 Å². The molecule has 1 fully saturated rings. The van der Waals surface area contributed by atoms with E-state index in [1.54, 1.807) is 0 Å². The molecule has 0 radical (unpaired) electrons. The number of aliphatic hydroxyl groups is 1. The first-order valence-corrected chi connectivity index (χ1v) is 5.63. The van der Waals surface area contributed by atoms with E-state index in [0.717, 1.165) is 18.7 Å². The normalized spacial score (nSPS) is 28.5. The van der Waals surface area contributed by atoms with Crippen LogP contribution in [0, 0.1) is 0 Å². The Morgan fingerprint density at radius 3 is 3.00 bits per heavy atom. The second kappa shape index (κ2) is 3.73. The van der Waals surface area contributed by atoms with Gasteiger partial charge in [0.05, 0.1) is 5.60 Å². The van der Waals surface area contributed by atoms with Gasteiger partial charge in [-0.25, -0.2) is 0 Å². The molecule has 78 valence electrons. The zero-order valence-electron chi connectivity index (χ0n) is 7.90. The number of halogens is 1. The molecule has 2 rings (SSSR count). The third-order valence-corrected chi connectivity index (χ3v) is 3.40. The number of nitrogens with zero attached hydrogens (tertiary/aromatic N) is 3. The number of hydrogen-bond acceptors (Lipinski definition) is 5. The lowest BCUT2D eigenvalue weighted by Gasteiger charge is -2.17. The molecule has 0 aliphatic carbocycles. The molecule has 1 saturated heterocycles. The third-order valence-electron chi connectivity index (χ3n) is 2.41. The highest BCUT2D eigenvalue weighted by Crippen LogP contribution is 2.24. The number of rotatable bonds is 2. The van der Waals surface area contributed by atoms with Crippen LogP contribution in [0.3, 0.4) is 0 Å².